The lowest BCUT2D eigenvalue weighted by Gasteiger charge is -2.30. The van der Waals surface area contributed by atoms with Crippen LogP contribution in [0.5, 0.6) is 0 Å². The summed E-state index contributed by atoms with van der Waals surface area (Å²) in [6.45, 7) is 5.46. The summed E-state index contributed by atoms with van der Waals surface area (Å²) in [5, 5.41) is 5.59. The van der Waals surface area contributed by atoms with Crippen LogP contribution in [0.2, 0.25) is 0 Å². The minimum absolute atomic E-state index is 0.205. The van der Waals surface area contributed by atoms with Crippen molar-refractivity contribution in [3.8, 4) is 16.9 Å². The number of rotatable bonds is 5. The number of amides is 1. The third kappa shape index (κ3) is 5.51. The topological polar surface area (TPSA) is 97.1 Å². The number of aromatic nitrogens is 2. The van der Waals surface area contributed by atoms with E-state index in [-0.39, 0.29) is 10.8 Å². The van der Waals surface area contributed by atoms with Crippen LogP contribution in [0, 0.1) is 5.92 Å². The van der Waals surface area contributed by atoms with Crippen LogP contribution < -0.4 is 0 Å². The van der Waals surface area contributed by atoms with Crippen LogP contribution in [0.3, 0.4) is 0 Å². The number of amidine groups is 1. The number of ether oxygens (including phenoxy) is 1. The van der Waals surface area contributed by atoms with Crippen LogP contribution in [-0.4, -0.2) is 77.9 Å². The van der Waals surface area contributed by atoms with Crippen LogP contribution in [0.15, 0.2) is 75.6 Å². The molecule has 2 aromatic carbocycles. The number of carbonyl (C=O) groups is 1. The fraction of sp³-hybridized carbons (Fsp3) is 0.345. The summed E-state index contributed by atoms with van der Waals surface area (Å²) < 4.78 is 35.3. The predicted octanol–water partition coefficient (Wildman–Crippen LogP) is 4.26. The Morgan fingerprint density at radius 3 is 2.50 bits per heavy atom. The average Bonchev–Trinajstić information content (AvgIpc) is 3.58. The Hall–Kier alpha value is -3.25. The molecule has 9 nitrogen and oxygen atoms in total. The van der Waals surface area contributed by atoms with Gasteiger partial charge in [0.05, 0.1) is 28.7 Å². The molecule has 3 aliphatic heterocycles. The van der Waals surface area contributed by atoms with Crippen molar-refractivity contribution in [2.45, 2.75) is 24.7 Å². The van der Waals surface area contributed by atoms with Crippen molar-refractivity contribution in [3.63, 3.8) is 0 Å². The van der Waals surface area contributed by atoms with E-state index < -0.39 is 10.0 Å². The molecule has 3 aromatic rings. The molecule has 0 radical (unpaired) electrons. The van der Waals surface area contributed by atoms with Crippen LogP contribution in [0.25, 0.3) is 23.0 Å². The lowest BCUT2D eigenvalue weighted by Crippen LogP contribution is -2.40. The highest BCUT2D eigenvalue weighted by Gasteiger charge is 2.30. The maximum Gasteiger partial charge on any atom is 0.286 e. The Labute approximate surface area is 238 Å². The van der Waals surface area contributed by atoms with Gasteiger partial charge in [0.15, 0.2) is 5.17 Å². The SMILES string of the molecule is CC1CCN(C2=NC(=O)C(=Cc3cn(-c4ccccc4)nc3-c3cccc(S(=O)(=O)N4CCOCC4)c3)S2)CC1. The van der Waals surface area contributed by atoms with E-state index in [2.05, 4.69) is 16.8 Å². The Balaban J connectivity index is 1.36. The summed E-state index contributed by atoms with van der Waals surface area (Å²) >= 11 is 1.39. The number of piperidine rings is 1. The molecule has 0 unspecified atom stereocenters. The van der Waals surface area contributed by atoms with Crippen LogP contribution in [0.4, 0.5) is 0 Å². The first-order chi connectivity index (χ1) is 19.4. The largest absolute Gasteiger partial charge is 0.379 e. The fourth-order valence-electron chi connectivity index (χ4n) is 5.04. The summed E-state index contributed by atoms with van der Waals surface area (Å²) in [6.07, 6.45) is 5.87. The number of benzene rings is 2. The van der Waals surface area contributed by atoms with Gasteiger partial charge in [-0.15, -0.1) is 0 Å². The van der Waals surface area contributed by atoms with Gasteiger partial charge < -0.3 is 9.64 Å². The molecule has 6 rings (SSSR count). The number of aliphatic imine (C=N–C) groups is 1. The minimum Gasteiger partial charge on any atom is -0.379 e. The van der Waals surface area contributed by atoms with Crippen molar-refractivity contribution in [2.24, 2.45) is 10.9 Å². The lowest BCUT2D eigenvalue weighted by atomic mass is 10.00. The zero-order valence-corrected chi connectivity index (χ0v) is 23.9. The number of nitrogens with zero attached hydrogens (tertiary/aromatic N) is 5. The molecule has 0 saturated carbocycles. The second-order valence-electron chi connectivity index (χ2n) is 10.2. The predicted molar refractivity (Wildman–Crippen MR) is 157 cm³/mol. The first-order valence-electron chi connectivity index (χ1n) is 13.5. The van der Waals surface area contributed by atoms with E-state index in [1.165, 1.54) is 16.1 Å². The number of sulfonamides is 1. The molecular formula is C29H31N5O4S2. The standard InChI is InChI=1S/C29H31N5O4S2/c1-21-10-12-32(13-11-21)29-30-28(35)26(39-29)19-23-20-34(24-7-3-2-4-8-24)31-27(23)22-6-5-9-25(18-22)40(36,37)33-14-16-38-17-15-33/h2-9,18-21H,10-17H2,1H3. The van der Waals surface area contributed by atoms with E-state index >= 15 is 0 Å². The highest BCUT2D eigenvalue weighted by molar-refractivity contribution is 8.18. The number of carbonyl (C=O) groups excluding carboxylic acids is 1. The first kappa shape index (κ1) is 26.9. The third-order valence-electron chi connectivity index (χ3n) is 7.43. The Morgan fingerprint density at radius 2 is 1.75 bits per heavy atom. The fourth-order valence-corrected chi connectivity index (χ4v) is 7.45. The molecule has 11 heteroatoms. The number of hydrogen-bond acceptors (Lipinski definition) is 7. The van der Waals surface area contributed by atoms with Gasteiger partial charge in [0, 0.05) is 43.5 Å². The molecule has 0 N–H and O–H groups in total. The summed E-state index contributed by atoms with van der Waals surface area (Å²) in [6, 6.07) is 16.5. The van der Waals surface area contributed by atoms with Crippen molar-refractivity contribution in [1.82, 2.24) is 19.0 Å². The summed E-state index contributed by atoms with van der Waals surface area (Å²) in [5.41, 5.74) is 2.81. The maximum absolute atomic E-state index is 13.4. The molecule has 40 heavy (non-hydrogen) atoms. The molecule has 3 aliphatic rings. The number of para-hydroxylation sites is 1. The van der Waals surface area contributed by atoms with E-state index in [9.17, 15) is 13.2 Å². The zero-order valence-electron chi connectivity index (χ0n) is 22.3. The monoisotopic (exact) mass is 577 g/mol. The summed E-state index contributed by atoms with van der Waals surface area (Å²) in [7, 11) is -3.68. The van der Waals surface area contributed by atoms with E-state index in [1.807, 2.05) is 48.7 Å². The first-order valence-corrected chi connectivity index (χ1v) is 15.7. The van der Waals surface area contributed by atoms with Crippen molar-refractivity contribution in [1.29, 1.82) is 0 Å². The van der Waals surface area contributed by atoms with Gasteiger partial charge in [0.25, 0.3) is 5.91 Å². The molecule has 0 aliphatic carbocycles. The van der Waals surface area contributed by atoms with Crippen LogP contribution >= 0.6 is 11.8 Å². The van der Waals surface area contributed by atoms with Crippen molar-refractivity contribution < 1.29 is 17.9 Å². The van der Waals surface area contributed by atoms with Crippen LogP contribution in [-0.2, 0) is 19.6 Å². The molecule has 2 saturated heterocycles. The third-order valence-corrected chi connectivity index (χ3v) is 10.4. The van der Waals surface area contributed by atoms with Gasteiger partial charge in [-0.2, -0.15) is 14.4 Å². The molecular weight excluding hydrogens is 546 g/mol. The minimum atomic E-state index is -3.68. The molecule has 1 aromatic heterocycles. The molecule has 208 valence electrons. The second-order valence-corrected chi connectivity index (χ2v) is 13.2. The van der Waals surface area contributed by atoms with Crippen LogP contribution in [0.1, 0.15) is 25.3 Å². The number of likely N-dealkylation sites (tertiary alicyclic amines) is 1. The van der Waals surface area contributed by atoms with Gasteiger partial charge in [0.1, 0.15) is 5.69 Å². The Kier molecular flexibility index (Phi) is 7.63. The van der Waals surface area contributed by atoms with E-state index in [4.69, 9.17) is 9.84 Å². The Bertz CT molecular complexity index is 1570. The van der Waals surface area contributed by atoms with E-state index in [0.29, 0.717) is 53.9 Å². The van der Waals surface area contributed by atoms with Crippen molar-refractivity contribution in [2.75, 3.05) is 39.4 Å². The average molecular weight is 578 g/mol. The smallest absolute Gasteiger partial charge is 0.286 e. The zero-order chi connectivity index (χ0) is 27.7. The van der Waals surface area contributed by atoms with Crippen molar-refractivity contribution in [3.05, 3.63) is 71.3 Å². The summed E-state index contributed by atoms with van der Waals surface area (Å²) in [5.74, 6) is 0.420. The van der Waals surface area contributed by atoms with Gasteiger partial charge in [-0.25, -0.2) is 13.1 Å². The highest BCUT2D eigenvalue weighted by atomic mass is 32.2. The van der Waals surface area contributed by atoms with Gasteiger partial charge in [0.2, 0.25) is 10.0 Å². The van der Waals surface area contributed by atoms with Gasteiger partial charge in [-0.05, 0) is 60.9 Å². The molecule has 1 amide bonds. The highest BCUT2D eigenvalue weighted by Crippen LogP contribution is 2.35. The molecule has 2 fully saturated rings. The summed E-state index contributed by atoms with van der Waals surface area (Å²) in [4.78, 5) is 20.2. The molecule has 0 atom stereocenters. The maximum atomic E-state index is 13.4. The molecule has 0 spiro atoms. The van der Waals surface area contributed by atoms with E-state index in [1.54, 1.807) is 22.9 Å². The lowest BCUT2D eigenvalue weighted by molar-refractivity contribution is -0.113. The van der Waals surface area contributed by atoms with Crippen molar-refractivity contribution >= 4 is 38.9 Å². The second kappa shape index (κ2) is 11.3. The molecule has 4 heterocycles. The normalized spacial score (nSPS) is 20.3. The number of hydrogen-bond donors (Lipinski definition) is 0. The van der Waals surface area contributed by atoms with Gasteiger partial charge in [-0.3, -0.25) is 4.79 Å². The van der Waals surface area contributed by atoms with E-state index in [0.717, 1.165) is 36.8 Å². The number of morpholine rings is 1. The van der Waals surface area contributed by atoms with Gasteiger partial charge >= 0.3 is 0 Å². The van der Waals surface area contributed by atoms with Gasteiger partial charge in [-0.1, -0.05) is 37.3 Å². The number of thioether (sulfide) groups is 1. The Morgan fingerprint density at radius 1 is 1.00 bits per heavy atom. The quantitative estimate of drug-likeness (QED) is 0.418. The molecule has 0 bridgehead atoms.